The molecule has 1 aromatic rings. The molecule has 1 nitrogen and oxygen atoms in total. The largest absolute Gasteiger partial charge is 0.371 e. The predicted molar refractivity (Wildman–Crippen MR) is 74.6 cm³/mol. The molecule has 0 spiro atoms. The molecule has 1 atom stereocenters. The molecule has 1 aliphatic rings. The number of rotatable bonds is 5. The average molecular weight is 282 g/mol. The Hall–Kier alpha value is -0.500. The first kappa shape index (κ1) is 12.0. The van der Waals surface area contributed by atoms with E-state index in [0.717, 1.165) is 11.2 Å². The molecule has 1 aliphatic heterocycles. The molecule has 16 heavy (non-hydrogen) atoms. The van der Waals surface area contributed by atoms with Crippen molar-refractivity contribution in [1.82, 2.24) is 0 Å². The quantitative estimate of drug-likeness (QED) is 0.741. The van der Waals surface area contributed by atoms with Crippen molar-refractivity contribution in [3.05, 3.63) is 29.8 Å². The second-order valence-electron chi connectivity index (χ2n) is 4.63. The van der Waals surface area contributed by atoms with Crippen LogP contribution in [0, 0.1) is 5.92 Å². The number of halogens is 1. The smallest absolute Gasteiger partial charge is 0.0399 e. The Morgan fingerprint density at radius 2 is 2.19 bits per heavy atom. The molecule has 0 aliphatic carbocycles. The van der Waals surface area contributed by atoms with Gasteiger partial charge in [-0.1, -0.05) is 47.5 Å². The Kier molecular flexibility index (Phi) is 4.28. The zero-order valence-electron chi connectivity index (χ0n) is 9.95. The summed E-state index contributed by atoms with van der Waals surface area (Å²) in [5.74, 6) is 0.788. The minimum absolute atomic E-state index is 0.788. The zero-order chi connectivity index (χ0) is 11.4. The third kappa shape index (κ3) is 2.60. The molecule has 0 saturated carbocycles. The second kappa shape index (κ2) is 5.72. The van der Waals surface area contributed by atoms with Crippen LogP contribution in [0.4, 0.5) is 5.69 Å². The lowest BCUT2D eigenvalue weighted by atomic mass is 10.1. The molecule has 1 heterocycles. The van der Waals surface area contributed by atoms with E-state index in [1.165, 1.54) is 43.6 Å². The van der Waals surface area contributed by atoms with Crippen LogP contribution in [0.25, 0.3) is 0 Å². The molecule has 88 valence electrons. The average Bonchev–Trinajstić information content (AvgIpc) is 2.72. The third-order valence-electron chi connectivity index (χ3n) is 3.38. The molecule has 2 heteroatoms. The number of para-hydroxylation sites is 1. The third-order valence-corrected chi connectivity index (χ3v) is 4.29. The van der Waals surface area contributed by atoms with E-state index in [4.69, 9.17) is 0 Å². The van der Waals surface area contributed by atoms with Gasteiger partial charge < -0.3 is 4.90 Å². The number of hydrogen-bond acceptors (Lipinski definition) is 1. The first-order valence-corrected chi connectivity index (χ1v) is 7.36. The van der Waals surface area contributed by atoms with E-state index in [1.54, 1.807) is 0 Å². The van der Waals surface area contributed by atoms with E-state index in [0.29, 0.717) is 0 Å². The Morgan fingerprint density at radius 1 is 1.38 bits per heavy atom. The lowest BCUT2D eigenvalue weighted by Crippen LogP contribution is -2.28. The summed E-state index contributed by atoms with van der Waals surface area (Å²) >= 11 is 3.64. The van der Waals surface area contributed by atoms with Gasteiger partial charge in [-0.05, 0) is 30.4 Å². The summed E-state index contributed by atoms with van der Waals surface area (Å²) in [4.78, 5) is 2.55. The molecule has 0 N–H and O–H groups in total. The van der Waals surface area contributed by atoms with Crippen molar-refractivity contribution < 1.29 is 0 Å². The Labute approximate surface area is 107 Å². The van der Waals surface area contributed by atoms with E-state index < -0.39 is 0 Å². The molecule has 0 radical (unpaired) electrons. The van der Waals surface area contributed by atoms with Gasteiger partial charge in [-0.3, -0.25) is 0 Å². The number of hydrogen-bond donors (Lipinski definition) is 0. The van der Waals surface area contributed by atoms with Crippen molar-refractivity contribution in [3.63, 3.8) is 0 Å². The maximum atomic E-state index is 3.64. The van der Waals surface area contributed by atoms with Gasteiger partial charge in [0.25, 0.3) is 0 Å². The first-order chi connectivity index (χ1) is 7.85. The summed E-state index contributed by atoms with van der Waals surface area (Å²) < 4.78 is 0. The Morgan fingerprint density at radius 3 is 2.94 bits per heavy atom. The molecule has 0 fully saturated rings. The highest BCUT2D eigenvalue weighted by atomic mass is 79.9. The minimum Gasteiger partial charge on any atom is -0.371 e. The first-order valence-electron chi connectivity index (χ1n) is 6.24. The van der Waals surface area contributed by atoms with E-state index in [-0.39, 0.29) is 0 Å². The molecule has 1 unspecified atom stereocenters. The molecule has 1 aromatic carbocycles. The molecular weight excluding hydrogens is 262 g/mol. The highest BCUT2D eigenvalue weighted by Crippen LogP contribution is 2.28. The lowest BCUT2D eigenvalue weighted by molar-refractivity contribution is 0.528. The van der Waals surface area contributed by atoms with Crippen LogP contribution in [0.1, 0.15) is 25.3 Å². The summed E-state index contributed by atoms with van der Waals surface area (Å²) in [7, 11) is 0. The number of anilines is 1. The van der Waals surface area contributed by atoms with Crippen LogP contribution in [0.3, 0.4) is 0 Å². The number of alkyl halides is 1. The highest BCUT2D eigenvalue weighted by molar-refractivity contribution is 9.09. The van der Waals surface area contributed by atoms with Gasteiger partial charge in [0.1, 0.15) is 0 Å². The van der Waals surface area contributed by atoms with Crippen LogP contribution >= 0.6 is 15.9 Å². The Bertz CT molecular complexity index is 337. The van der Waals surface area contributed by atoms with Gasteiger partial charge in [0, 0.05) is 24.1 Å². The van der Waals surface area contributed by atoms with Gasteiger partial charge in [-0.25, -0.2) is 0 Å². The predicted octanol–water partition coefficient (Wildman–Crippen LogP) is 3.86. The highest BCUT2D eigenvalue weighted by Gasteiger charge is 2.20. The molecule has 0 amide bonds. The fourth-order valence-electron chi connectivity index (χ4n) is 2.53. The second-order valence-corrected chi connectivity index (χ2v) is 5.28. The summed E-state index contributed by atoms with van der Waals surface area (Å²) in [6.07, 6.45) is 3.83. The number of nitrogens with zero attached hydrogens (tertiary/aromatic N) is 1. The van der Waals surface area contributed by atoms with Crippen LogP contribution in [0.2, 0.25) is 0 Å². The maximum absolute atomic E-state index is 3.64. The van der Waals surface area contributed by atoms with E-state index in [9.17, 15) is 0 Å². The number of benzene rings is 1. The van der Waals surface area contributed by atoms with Gasteiger partial charge in [0.15, 0.2) is 0 Å². The van der Waals surface area contributed by atoms with Crippen molar-refractivity contribution in [2.24, 2.45) is 5.92 Å². The monoisotopic (exact) mass is 281 g/mol. The SMILES string of the molecule is CCCC(CBr)CN1CCc2ccccc21. The zero-order valence-corrected chi connectivity index (χ0v) is 11.5. The van der Waals surface area contributed by atoms with Crippen molar-refractivity contribution in [1.29, 1.82) is 0 Å². The normalized spacial score (nSPS) is 16.2. The van der Waals surface area contributed by atoms with Gasteiger partial charge in [0.05, 0.1) is 0 Å². The summed E-state index contributed by atoms with van der Waals surface area (Å²) in [5, 5.41) is 1.12. The van der Waals surface area contributed by atoms with Crippen molar-refractivity contribution in [2.45, 2.75) is 26.2 Å². The molecule has 0 saturated heterocycles. The standard InChI is InChI=1S/C14H20BrN/c1-2-5-12(10-15)11-16-9-8-13-6-3-4-7-14(13)16/h3-4,6-7,12H,2,5,8-11H2,1H3. The minimum atomic E-state index is 0.788. The molecule has 2 rings (SSSR count). The summed E-state index contributed by atoms with van der Waals surface area (Å²) in [5.41, 5.74) is 2.98. The van der Waals surface area contributed by atoms with Gasteiger partial charge in [-0.2, -0.15) is 0 Å². The van der Waals surface area contributed by atoms with Crippen molar-refractivity contribution in [2.75, 3.05) is 23.3 Å². The van der Waals surface area contributed by atoms with Crippen LogP contribution in [0.15, 0.2) is 24.3 Å². The molecule has 0 aromatic heterocycles. The fraction of sp³-hybridized carbons (Fsp3) is 0.571. The topological polar surface area (TPSA) is 3.24 Å². The molecular formula is C14H20BrN. The summed E-state index contributed by atoms with van der Waals surface area (Å²) in [6.45, 7) is 4.68. The van der Waals surface area contributed by atoms with Crippen molar-refractivity contribution >= 4 is 21.6 Å². The van der Waals surface area contributed by atoms with E-state index in [2.05, 4.69) is 52.0 Å². The lowest BCUT2D eigenvalue weighted by Gasteiger charge is -2.24. The van der Waals surface area contributed by atoms with Crippen LogP contribution in [0.5, 0.6) is 0 Å². The maximum Gasteiger partial charge on any atom is 0.0399 e. The fourth-order valence-corrected chi connectivity index (χ4v) is 3.06. The summed E-state index contributed by atoms with van der Waals surface area (Å²) in [6, 6.07) is 8.83. The van der Waals surface area contributed by atoms with Crippen molar-refractivity contribution in [3.8, 4) is 0 Å². The van der Waals surface area contributed by atoms with Crippen LogP contribution in [-0.4, -0.2) is 18.4 Å². The van der Waals surface area contributed by atoms with Gasteiger partial charge >= 0.3 is 0 Å². The van der Waals surface area contributed by atoms with Gasteiger partial charge in [0.2, 0.25) is 0 Å². The number of fused-ring (bicyclic) bond motifs is 1. The van der Waals surface area contributed by atoms with Crippen LogP contribution in [-0.2, 0) is 6.42 Å². The Balaban J connectivity index is 2.02. The van der Waals surface area contributed by atoms with E-state index in [1.807, 2.05) is 0 Å². The van der Waals surface area contributed by atoms with Crippen LogP contribution < -0.4 is 4.90 Å². The molecule has 0 bridgehead atoms. The van der Waals surface area contributed by atoms with E-state index >= 15 is 0 Å². The van der Waals surface area contributed by atoms with Gasteiger partial charge in [-0.15, -0.1) is 0 Å².